The summed E-state index contributed by atoms with van der Waals surface area (Å²) in [6.45, 7) is 5.88. The number of amides is 1. The summed E-state index contributed by atoms with van der Waals surface area (Å²) in [6, 6.07) is 14.8. The minimum atomic E-state index is -0.254. The summed E-state index contributed by atoms with van der Waals surface area (Å²) < 4.78 is 0. The molecule has 1 heterocycles. The predicted molar refractivity (Wildman–Crippen MR) is 111 cm³/mol. The van der Waals surface area contributed by atoms with E-state index < -0.39 is 0 Å². The number of rotatable bonds is 3. The van der Waals surface area contributed by atoms with Crippen molar-refractivity contribution in [3.8, 4) is 6.07 Å². The minimum absolute atomic E-state index is 0.198. The van der Waals surface area contributed by atoms with Crippen LogP contribution in [0.4, 0.5) is 5.69 Å². The maximum atomic E-state index is 13.1. The molecule has 1 aliphatic rings. The largest absolute Gasteiger partial charge is 0.356 e. The van der Waals surface area contributed by atoms with E-state index in [1.54, 1.807) is 12.1 Å². The van der Waals surface area contributed by atoms with E-state index in [9.17, 15) is 4.79 Å². The van der Waals surface area contributed by atoms with Crippen molar-refractivity contribution in [1.82, 2.24) is 10.6 Å². The first-order chi connectivity index (χ1) is 12.9. The Morgan fingerprint density at radius 1 is 1.19 bits per heavy atom. The molecule has 0 aliphatic carbocycles. The van der Waals surface area contributed by atoms with Gasteiger partial charge in [0.15, 0.2) is 5.11 Å². The molecule has 0 saturated carbocycles. The summed E-state index contributed by atoms with van der Waals surface area (Å²) in [5.74, 6) is -0.198. The fourth-order valence-corrected chi connectivity index (χ4v) is 3.37. The molecule has 0 bridgehead atoms. The van der Waals surface area contributed by atoms with E-state index in [-0.39, 0.29) is 11.9 Å². The molecule has 0 saturated heterocycles. The molecule has 1 atom stereocenters. The van der Waals surface area contributed by atoms with Gasteiger partial charge in [-0.2, -0.15) is 5.26 Å². The van der Waals surface area contributed by atoms with Crippen LogP contribution in [0.25, 0.3) is 5.70 Å². The van der Waals surface area contributed by atoms with Crippen LogP contribution >= 0.6 is 12.2 Å². The first-order valence-electron chi connectivity index (χ1n) is 8.60. The smallest absolute Gasteiger partial charge is 0.255 e. The number of thiocarbonyl (C=S) groups is 1. The van der Waals surface area contributed by atoms with E-state index in [1.165, 1.54) is 0 Å². The van der Waals surface area contributed by atoms with Crippen molar-refractivity contribution in [2.45, 2.75) is 26.8 Å². The summed E-state index contributed by atoms with van der Waals surface area (Å²) in [4.78, 5) is 13.1. The van der Waals surface area contributed by atoms with E-state index in [0.29, 0.717) is 21.9 Å². The van der Waals surface area contributed by atoms with Crippen LogP contribution in [0.3, 0.4) is 0 Å². The van der Waals surface area contributed by atoms with Gasteiger partial charge in [-0.1, -0.05) is 29.8 Å². The molecular formula is C21H20N4OS. The van der Waals surface area contributed by atoms with Crippen LogP contribution < -0.4 is 16.0 Å². The molecule has 0 aromatic heterocycles. The van der Waals surface area contributed by atoms with E-state index in [0.717, 1.165) is 22.4 Å². The standard InChI is InChI=1S/C21H20N4OS/c1-12-4-9-17(13(2)10-12)24-20(26)18-14(3)23-21(27)25-19(18)16-7-5-15(11-22)6-8-16/h4-10,14H,1-3H3,(H,24,26)(H2,23,25,27)/t14-/m0/s1. The van der Waals surface area contributed by atoms with Gasteiger partial charge >= 0.3 is 0 Å². The maximum Gasteiger partial charge on any atom is 0.255 e. The molecule has 0 unspecified atom stereocenters. The summed E-state index contributed by atoms with van der Waals surface area (Å²) in [5, 5.41) is 18.7. The molecular weight excluding hydrogens is 356 g/mol. The molecule has 3 N–H and O–H groups in total. The van der Waals surface area contributed by atoms with Crippen molar-refractivity contribution < 1.29 is 4.79 Å². The van der Waals surface area contributed by atoms with Crippen LogP contribution in [0, 0.1) is 25.2 Å². The van der Waals surface area contributed by atoms with Gasteiger partial charge in [-0.25, -0.2) is 0 Å². The first-order valence-corrected chi connectivity index (χ1v) is 9.00. The van der Waals surface area contributed by atoms with Crippen molar-refractivity contribution in [3.63, 3.8) is 0 Å². The van der Waals surface area contributed by atoms with Gasteiger partial charge in [0, 0.05) is 5.69 Å². The van der Waals surface area contributed by atoms with Gasteiger partial charge in [-0.15, -0.1) is 0 Å². The molecule has 136 valence electrons. The molecule has 1 amide bonds. The third-order valence-electron chi connectivity index (χ3n) is 4.47. The zero-order valence-corrected chi connectivity index (χ0v) is 16.2. The van der Waals surface area contributed by atoms with Crippen molar-refractivity contribution in [1.29, 1.82) is 5.26 Å². The van der Waals surface area contributed by atoms with Gasteiger partial charge in [0.25, 0.3) is 5.91 Å². The number of carbonyl (C=O) groups is 1. The SMILES string of the molecule is Cc1ccc(NC(=O)C2=C(c3ccc(C#N)cc3)NC(=S)N[C@H]2C)c(C)c1. The van der Waals surface area contributed by atoms with Crippen molar-refractivity contribution in [3.05, 3.63) is 70.3 Å². The Balaban J connectivity index is 2.01. The second-order valence-electron chi connectivity index (χ2n) is 6.57. The summed E-state index contributed by atoms with van der Waals surface area (Å²) >= 11 is 5.27. The summed E-state index contributed by atoms with van der Waals surface area (Å²) in [7, 11) is 0. The lowest BCUT2D eigenvalue weighted by molar-refractivity contribution is -0.113. The molecule has 3 rings (SSSR count). The monoisotopic (exact) mass is 376 g/mol. The number of anilines is 1. The molecule has 0 fully saturated rings. The van der Waals surface area contributed by atoms with Crippen LogP contribution in [-0.2, 0) is 4.79 Å². The fourth-order valence-electron chi connectivity index (χ4n) is 3.10. The van der Waals surface area contributed by atoms with E-state index in [2.05, 4.69) is 22.0 Å². The van der Waals surface area contributed by atoms with Crippen LogP contribution in [-0.4, -0.2) is 17.1 Å². The first kappa shape index (κ1) is 18.6. The highest BCUT2D eigenvalue weighted by Crippen LogP contribution is 2.25. The summed E-state index contributed by atoms with van der Waals surface area (Å²) in [6.07, 6.45) is 0. The van der Waals surface area contributed by atoms with Crippen molar-refractivity contribution in [2.75, 3.05) is 5.32 Å². The number of nitrogens with one attached hydrogen (secondary N) is 3. The Bertz CT molecular complexity index is 986. The number of hydrogen-bond donors (Lipinski definition) is 3. The van der Waals surface area contributed by atoms with Crippen LogP contribution in [0.15, 0.2) is 48.0 Å². The molecule has 5 nitrogen and oxygen atoms in total. The second kappa shape index (κ2) is 7.60. The molecule has 1 aliphatic heterocycles. The van der Waals surface area contributed by atoms with E-state index in [1.807, 2.05) is 51.1 Å². The van der Waals surface area contributed by atoms with E-state index in [4.69, 9.17) is 17.5 Å². The van der Waals surface area contributed by atoms with Gasteiger partial charge in [0.05, 0.1) is 28.9 Å². The third-order valence-corrected chi connectivity index (χ3v) is 4.69. The van der Waals surface area contributed by atoms with Gasteiger partial charge in [-0.3, -0.25) is 4.79 Å². The number of hydrogen-bond acceptors (Lipinski definition) is 3. The number of nitrogens with zero attached hydrogens (tertiary/aromatic N) is 1. The van der Waals surface area contributed by atoms with Gasteiger partial charge in [0.1, 0.15) is 0 Å². The Morgan fingerprint density at radius 2 is 1.89 bits per heavy atom. The van der Waals surface area contributed by atoms with Gasteiger partial charge in [-0.05, 0) is 62.3 Å². The lowest BCUT2D eigenvalue weighted by atomic mass is 9.97. The Kier molecular flexibility index (Phi) is 5.24. The minimum Gasteiger partial charge on any atom is -0.356 e. The number of aryl methyl sites for hydroxylation is 2. The molecule has 2 aromatic rings. The topological polar surface area (TPSA) is 77.0 Å². The van der Waals surface area contributed by atoms with Crippen LogP contribution in [0.5, 0.6) is 0 Å². The quantitative estimate of drug-likeness (QED) is 0.716. The Labute approximate surface area is 164 Å². The highest BCUT2D eigenvalue weighted by atomic mass is 32.1. The predicted octanol–water partition coefficient (Wildman–Crippen LogP) is 3.39. The van der Waals surface area contributed by atoms with Crippen molar-refractivity contribution in [2.24, 2.45) is 0 Å². The average Bonchev–Trinajstić information content (AvgIpc) is 2.63. The van der Waals surface area contributed by atoms with Gasteiger partial charge in [0.2, 0.25) is 0 Å². The number of carbonyl (C=O) groups excluding carboxylic acids is 1. The number of benzene rings is 2. The molecule has 0 spiro atoms. The Morgan fingerprint density at radius 3 is 2.52 bits per heavy atom. The molecule has 6 heteroatoms. The number of nitriles is 1. The Hall–Kier alpha value is -3.17. The van der Waals surface area contributed by atoms with E-state index >= 15 is 0 Å². The van der Waals surface area contributed by atoms with Crippen LogP contribution in [0.1, 0.15) is 29.2 Å². The maximum absolute atomic E-state index is 13.1. The van der Waals surface area contributed by atoms with Crippen molar-refractivity contribution >= 4 is 34.6 Å². The zero-order valence-electron chi connectivity index (χ0n) is 15.4. The average molecular weight is 376 g/mol. The lowest BCUT2D eigenvalue weighted by Gasteiger charge is -2.29. The zero-order chi connectivity index (χ0) is 19.6. The highest BCUT2D eigenvalue weighted by molar-refractivity contribution is 7.80. The van der Waals surface area contributed by atoms with Gasteiger partial charge < -0.3 is 16.0 Å². The van der Waals surface area contributed by atoms with Crippen LogP contribution in [0.2, 0.25) is 0 Å². The molecule has 27 heavy (non-hydrogen) atoms. The lowest BCUT2D eigenvalue weighted by Crippen LogP contribution is -2.49. The normalized spacial score (nSPS) is 16.2. The molecule has 0 radical (unpaired) electrons. The molecule has 2 aromatic carbocycles. The second-order valence-corrected chi connectivity index (χ2v) is 6.98. The fraction of sp³-hybridized carbons (Fsp3) is 0.190. The highest BCUT2D eigenvalue weighted by Gasteiger charge is 2.28. The third kappa shape index (κ3) is 3.99. The summed E-state index contributed by atoms with van der Waals surface area (Å²) in [5.41, 5.74) is 5.50.